The maximum atomic E-state index is 13.0. The summed E-state index contributed by atoms with van der Waals surface area (Å²) in [6.45, 7) is 19.1. The molecule has 1 aliphatic heterocycles. The van der Waals surface area contributed by atoms with Crippen molar-refractivity contribution in [1.29, 1.82) is 0 Å². The van der Waals surface area contributed by atoms with E-state index in [0.29, 0.717) is 25.0 Å². The zero-order valence-corrected chi connectivity index (χ0v) is 24.2. The summed E-state index contributed by atoms with van der Waals surface area (Å²) in [5.41, 5.74) is 3.55. The third kappa shape index (κ3) is 9.68. The van der Waals surface area contributed by atoms with Crippen molar-refractivity contribution in [3.05, 3.63) is 52.6 Å². The maximum absolute atomic E-state index is 13.0. The van der Waals surface area contributed by atoms with Gasteiger partial charge in [0.1, 0.15) is 0 Å². The van der Waals surface area contributed by atoms with Crippen LogP contribution >= 0.6 is 0 Å². The average Bonchev–Trinajstić information content (AvgIpc) is 3.00. The number of esters is 1. The highest BCUT2D eigenvalue weighted by atomic mass is 28.3. The molecule has 1 fully saturated rings. The lowest BCUT2D eigenvalue weighted by molar-refractivity contribution is -0.148. The van der Waals surface area contributed by atoms with E-state index < -0.39 is 13.9 Å². The molecule has 1 N–H and O–H groups in total. The van der Waals surface area contributed by atoms with Gasteiger partial charge in [-0.1, -0.05) is 68.6 Å². The molecule has 1 aromatic carbocycles. The van der Waals surface area contributed by atoms with Crippen LogP contribution in [-0.2, 0) is 14.2 Å². The van der Waals surface area contributed by atoms with Gasteiger partial charge in [-0.05, 0) is 64.6 Å². The second-order valence-corrected chi connectivity index (χ2v) is 17.3. The van der Waals surface area contributed by atoms with Crippen molar-refractivity contribution in [2.45, 2.75) is 104 Å². The maximum Gasteiger partial charge on any atom is 0.338 e. The number of aliphatic hydroxyl groups excluding tert-OH is 1. The minimum atomic E-state index is -1.27. The predicted molar refractivity (Wildman–Crippen MR) is 146 cm³/mol. The molecule has 0 spiro atoms. The van der Waals surface area contributed by atoms with Crippen molar-refractivity contribution in [3.63, 3.8) is 0 Å². The fraction of sp³-hybridized carbons (Fsp3) is 0.621. The Morgan fingerprint density at radius 2 is 1.86 bits per heavy atom. The summed E-state index contributed by atoms with van der Waals surface area (Å²) in [5, 5.41) is 9.53. The first-order valence-electron chi connectivity index (χ1n) is 12.8. The fourth-order valence-corrected chi connectivity index (χ4v) is 5.07. The summed E-state index contributed by atoms with van der Waals surface area (Å²) in [7, 11) is -1.27. The quantitative estimate of drug-likeness (QED) is 0.208. The zero-order valence-electron chi connectivity index (χ0n) is 23.2. The normalized spacial score (nSPS) is 22.1. The third-order valence-electron chi connectivity index (χ3n) is 6.12. The van der Waals surface area contributed by atoms with E-state index in [9.17, 15) is 9.90 Å². The van der Waals surface area contributed by atoms with Gasteiger partial charge >= 0.3 is 5.97 Å². The van der Waals surface area contributed by atoms with Crippen LogP contribution in [0.25, 0.3) is 6.08 Å². The van der Waals surface area contributed by atoms with Crippen molar-refractivity contribution in [3.8, 4) is 0 Å². The van der Waals surface area contributed by atoms with Gasteiger partial charge in [0.15, 0.2) is 5.79 Å². The molecule has 0 saturated carbocycles. The van der Waals surface area contributed by atoms with Crippen molar-refractivity contribution in [2.75, 3.05) is 6.61 Å². The lowest BCUT2D eigenvalue weighted by Crippen LogP contribution is -2.28. The Labute approximate surface area is 213 Å². The molecule has 1 aromatic rings. The van der Waals surface area contributed by atoms with Gasteiger partial charge in [-0.25, -0.2) is 4.79 Å². The molecule has 0 radical (unpaired) electrons. The van der Waals surface area contributed by atoms with E-state index in [-0.39, 0.29) is 30.2 Å². The van der Waals surface area contributed by atoms with Crippen LogP contribution in [0.4, 0.5) is 0 Å². The van der Waals surface area contributed by atoms with Crippen LogP contribution in [-0.4, -0.2) is 49.9 Å². The van der Waals surface area contributed by atoms with Crippen LogP contribution in [0.1, 0.15) is 67.6 Å². The first kappa shape index (κ1) is 29.5. The molecule has 196 valence electrons. The highest BCUT2D eigenvalue weighted by Crippen LogP contribution is 2.35. The molecule has 6 heteroatoms. The second kappa shape index (κ2) is 12.5. The highest BCUT2D eigenvalue weighted by molar-refractivity contribution is 6.76. The third-order valence-corrected chi connectivity index (χ3v) is 7.83. The standard InChI is InChI=1S/C29H46O5Si/c1-20-18-22(3)26(28(31)32-16-17-35(7,8)9)24(19-20)14-11-15-25-27(34-29(5,6)33-25)21(2)12-10-13-23(4)30/h10-12,14,18-19,21,23,25,27,30H,13,15-17H2,1-9H3/b12-10-,14-11+/t21?,23-,25?,27?/m1/s1. The first-order valence-corrected chi connectivity index (χ1v) is 16.5. The molecule has 0 aromatic heterocycles. The largest absolute Gasteiger partial charge is 0.462 e. The lowest BCUT2D eigenvalue weighted by atomic mass is 9.95. The summed E-state index contributed by atoms with van der Waals surface area (Å²) in [4.78, 5) is 13.0. The van der Waals surface area contributed by atoms with Gasteiger partial charge < -0.3 is 19.3 Å². The Hall–Kier alpha value is -1.73. The van der Waals surface area contributed by atoms with Gasteiger partial charge in [0.25, 0.3) is 0 Å². The van der Waals surface area contributed by atoms with E-state index in [4.69, 9.17) is 14.2 Å². The Morgan fingerprint density at radius 3 is 2.49 bits per heavy atom. The van der Waals surface area contributed by atoms with E-state index in [0.717, 1.165) is 22.7 Å². The second-order valence-electron chi connectivity index (χ2n) is 11.6. The fourth-order valence-electron chi connectivity index (χ4n) is 4.35. The SMILES string of the molecule is Cc1cc(C)c(C(=O)OCC[Si](C)(C)C)c(/C=C/CC2OC(C)(C)OC2C(C)/C=C\C[C@@H](C)O)c1. The summed E-state index contributed by atoms with van der Waals surface area (Å²) in [6.07, 6.45) is 8.91. The lowest BCUT2D eigenvalue weighted by Gasteiger charge is -2.20. The number of aliphatic hydroxyl groups is 1. The average molecular weight is 503 g/mol. The van der Waals surface area contributed by atoms with Gasteiger partial charge in [0, 0.05) is 14.0 Å². The number of hydrogen-bond donors (Lipinski definition) is 1. The smallest absolute Gasteiger partial charge is 0.338 e. The van der Waals surface area contributed by atoms with Crippen LogP contribution in [0.15, 0.2) is 30.4 Å². The minimum absolute atomic E-state index is 0.0925. The van der Waals surface area contributed by atoms with Gasteiger partial charge in [-0.2, -0.15) is 0 Å². The molecule has 1 saturated heterocycles. The van der Waals surface area contributed by atoms with Gasteiger partial charge in [0.05, 0.1) is 30.5 Å². The summed E-state index contributed by atoms with van der Waals surface area (Å²) in [5.74, 6) is -0.760. The van der Waals surface area contributed by atoms with E-state index in [1.165, 1.54) is 0 Å². The van der Waals surface area contributed by atoms with Crippen molar-refractivity contribution >= 4 is 20.1 Å². The molecule has 1 heterocycles. The summed E-state index contributed by atoms with van der Waals surface area (Å²) < 4.78 is 18.1. The van der Waals surface area contributed by atoms with Crippen molar-refractivity contribution in [1.82, 2.24) is 0 Å². The predicted octanol–water partition coefficient (Wildman–Crippen LogP) is 6.69. The number of hydrogen-bond acceptors (Lipinski definition) is 5. The molecule has 0 aliphatic carbocycles. The van der Waals surface area contributed by atoms with E-state index >= 15 is 0 Å². The molecule has 5 nitrogen and oxygen atoms in total. The van der Waals surface area contributed by atoms with E-state index in [1.807, 2.05) is 52.0 Å². The highest BCUT2D eigenvalue weighted by Gasteiger charge is 2.42. The van der Waals surface area contributed by atoms with Crippen LogP contribution in [0.2, 0.25) is 25.7 Å². The molecule has 0 bridgehead atoms. The zero-order chi connectivity index (χ0) is 26.4. The summed E-state index contributed by atoms with van der Waals surface area (Å²) in [6, 6.07) is 5.02. The van der Waals surface area contributed by atoms with Crippen LogP contribution in [0.5, 0.6) is 0 Å². The number of rotatable bonds is 11. The molecule has 0 amide bonds. The Kier molecular flexibility index (Phi) is 10.5. The van der Waals surface area contributed by atoms with Crippen LogP contribution < -0.4 is 0 Å². The number of aryl methyl sites for hydroxylation is 2. The van der Waals surface area contributed by atoms with Gasteiger partial charge in [-0.15, -0.1) is 0 Å². The number of carbonyl (C=O) groups is 1. The Morgan fingerprint density at radius 1 is 1.17 bits per heavy atom. The molecule has 35 heavy (non-hydrogen) atoms. The van der Waals surface area contributed by atoms with Gasteiger partial charge in [-0.3, -0.25) is 0 Å². The van der Waals surface area contributed by atoms with Crippen LogP contribution in [0.3, 0.4) is 0 Å². The van der Waals surface area contributed by atoms with Crippen molar-refractivity contribution < 1.29 is 24.1 Å². The number of carbonyl (C=O) groups excluding carboxylic acids is 1. The van der Waals surface area contributed by atoms with Crippen LogP contribution in [0, 0.1) is 19.8 Å². The monoisotopic (exact) mass is 502 g/mol. The molecular weight excluding hydrogens is 456 g/mol. The molecule has 4 atom stereocenters. The number of benzene rings is 1. The summed E-state index contributed by atoms with van der Waals surface area (Å²) >= 11 is 0. The van der Waals surface area contributed by atoms with Gasteiger partial charge in [0.2, 0.25) is 0 Å². The Bertz CT molecular complexity index is 910. The first-order chi connectivity index (χ1) is 16.2. The van der Waals surface area contributed by atoms with E-state index in [1.54, 1.807) is 6.92 Å². The number of ether oxygens (including phenoxy) is 3. The van der Waals surface area contributed by atoms with Crippen molar-refractivity contribution in [2.24, 2.45) is 5.92 Å². The molecule has 2 rings (SSSR count). The molecule has 3 unspecified atom stereocenters. The molecule has 1 aliphatic rings. The minimum Gasteiger partial charge on any atom is -0.462 e. The Balaban J connectivity index is 2.16. The molecular formula is C29H46O5Si. The topological polar surface area (TPSA) is 65.0 Å². The van der Waals surface area contributed by atoms with E-state index in [2.05, 4.69) is 38.7 Å².